The van der Waals surface area contributed by atoms with E-state index in [1.54, 1.807) is 36.4 Å². The summed E-state index contributed by atoms with van der Waals surface area (Å²) in [4.78, 5) is 36.1. The minimum atomic E-state index is -1.16. The van der Waals surface area contributed by atoms with Gasteiger partial charge in [0.15, 0.2) is 0 Å². The van der Waals surface area contributed by atoms with Crippen molar-refractivity contribution >= 4 is 56.3 Å². The van der Waals surface area contributed by atoms with E-state index in [0.29, 0.717) is 35.5 Å². The van der Waals surface area contributed by atoms with Gasteiger partial charge in [0.05, 0.1) is 17.6 Å². The van der Waals surface area contributed by atoms with Gasteiger partial charge in [-0.05, 0) is 80.0 Å². The molecule has 3 N–H and O–H groups in total. The fraction of sp³-hybridized carbons (Fsp3) is 0.300. The first-order valence-corrected chi connectivity index (χ1v) is 13.8. The highest BCUT2D eigenvalue weighted by Gasteiger charge is 2.52. The van der Waals surface area contributed by atoms with E-state index in [0.717, 1.165) is 10.0 Å². The fourth-order valence-corrected chi connectivity index (χ4v) is 5.94. The van der Waals surface area contributed by atoms with Gasteiger partial charge in [0.25, 0.3) is 0 Å². The first-order chi connectivity index (χ1) is 18.6. The third-order valence-corrected chi connectivity index (χ3v) is 8.28. The van der Waals surface area contributed by atoms with E-state index in [9.17, 15) is 19.5 Å². The van der Waals surface area contributed by atoms with Crippen molar-refractivity contribution in [1.29, 1.82) is 0 Å². The summed E-state index contributed by atoms with van der Waals surface area (Å²) in [6, 6.07) is 13.4. The minimum Gasteiger partial charge on any atom is -0.481 e. The van der Waals surface area contributed by atoms with Crippen LogP contribution in [0, 0.1) is 23.2 Å². The summed E-state index contributed by atoms with van der Waals surface area (Å²) in [6.45, 7) is 2.20. The van der Waals surface area contributed by atoms with Crippen LogP contribution >= 0.6 is 27.5 Å². The highest BCUT2D eigenvalue weighted by atomic mass is 79.9. The van der Waals surface area contributed by atoms with E-state index in [2.05, 4.69) is 21.2 Å². The van der Waals surface area contributed by atoms with Crippen LogP contribution in [0.25, 0.3) is 5.03 Å². The van der Waals surface area contributed by atoms with Crippen LogP contribution in [0.2, 0.25) is 0 Å². The molecule has 2 aromatic rings. The van der Waals surface area contributed by atoms with Crippen molar-refractivity contribution in [2.75, 3.05) is 11.9 Å². The molecule has 0 saturated carbocycles. The van der Waals surface area contributed by atoms with Crippen LogP contribution in [0.4, 0.5) is 10.5 Å². The number of halogens is 2. The average Bonchev–Trinajstić information content (AvgIpc) is 2.89. The van der Waals surface area contributed by atoms with Gasteiger partial charge in [0.1, 0.15) is 0 Å². The molecule has 0 aromatic heterocycles. The van der Waals surface area contributed by atoms with E-state index < -0.39 is 29.4 Å². The van der Waals surface area contributed by atoms with Crippen LogP contribution in [-0.2, 0) is 9.53 Å². The number of benzene rings is 2. The Hall–Kier alpha value is -3.36. The number of ether oxygens (including phenoxy) is 1. The van der Waals surface area contributed by atoms with Crippen molar-refractivity contribution in [3.05, 3.63) is 94.0 Å². The van der Waals surface area contributed by atoms with Gasteiger partial charge in [-0.1, -0.05) is 69.5 Å². The maximum absolute atomic E-state index is 12.8. The van der Waals surface area contributed by atoms with Gasteiger partial charge >= 0.3 is 18.0 Å². The summed E-state index contributed by atoms with van der Waals surface area (Å²) < 4.78 is 6.28. The lowest BCUT2D eigenvalue weighted by atomic mass is 9.56. The molecule has 0 radical (unpaired) electrons. The molecule has 7 nitrogen and oxygen atoms in total. The molecular weight excluding hydrogens is 586 g/mol. The van der Waals surface area contributed by atoms with Gasteiger partial charge in [0, 0.05) is 21.1 Å². The Morgan fingerprint density at radius 2 is 1.77 bits per heavy atom. The smallest absolute Gasteiger partial charge is 0.411 e. The Labute approximate surface area is 240 Å². The molecule has 4 atom stereocenters. The lowest BCUT2D eigenvalue weighted by Gasteiger charge is -2.46. The summed E-state index contributed by atoms with van der Waals surface area (Å²) in [6.07, 6.45) is 8.75. The zero-order valence-corrected chi connectivity index (χ0v) is 23.6. The third-order valence-electron chi connectivity index (χ3n) is 7.41. The number of anilines is 1. The molecular formula is C30H29BrClNO6. The van der Waals surface area contributed by atoms with Crippen molar-refractivity contribution in [3.8, 4) is 0 Å². The number of nitrogens with one attached hydrogen (secondary N) is 1. The average molecular weight is 615 g/mol. The zero-order valence-electron chi connectivity index (χ0n) is 21.3. The maximum atomic E-state index is 12.8. The number of amides is 1. The summed E-state index contributed by atoms with van der Waals surface area (Å²) in [7, 11) is 0. The van der Waals surface area contributed by atoms with Crippen LogP contribution in [0.5, 0.6) is 0 Å². The summed E-state index contributed by atoms with van der Waals surface area (Å²) in [5.74, 6) is -2.52. The number of rotatable bonds is 8. The fourth-order valence-electron chi connectivity index (χ4n) is 5.41. The predicted molar refractivity (Wildman–Crippen MR) is 154 cm³/mol. The Morgan fingerprint density at radius 1 is 1.10 bits per heavy atom. The predicted octanol–water partition coefficient (Wildman–Crippen LogP) is 7.60. The second-order valence-corrected chi connectivity index (χ2v) is 11.3. The Morgan fingerprint density at radius 3 is 2.41 bits per heavy atom. The molecule has 0 spiro atoms. The van der Waals surface area contributed by atoms with Crippen LogP contribution in [-0.4, -0.2) is 34.9 Å². The molecule has 0 heterocycles. The van der Waals surface area contributed by atoms with Gasteiger partial charge in [-0.2, -0.15) is 0 Å². The zero-order chi connectivity index (χ0) is 28.2. The van der Waals surface area contributed by atoms with E-state index in [-0.39, 0.29) is 24.0 Å². The standard InChI is InChI=1S/C30H29BrClNO6/c1-18-14-22-16-19(11-13-39-29(38)33-25-8-6-24(31)7-9-25)10-12-30(22,28(36)37)23(15-18)17-26(32)20-2-4-21(5-3-20)27(34)35/h2-10,12,15,17,19,22-23H,11,13-14,16H2,1H3,(H,33,38)(H,34,35)(H,36,37)/b26-17-/t19-,22-,23-,30-/m0/s1. The number of carboxylic acid groups (broad SMARTS) is 2. The summed E-state index contributed by atoms with van der Waals surface area (Å²) >= 11 is 9.97. The molecule has 0 fully saturated rings. The van der Waals surface area contributed by atoms with Gasteiger partial charge in [0.2, 0.25) is 0 Å². The topological polar surface area (TPSA) is 113 Å². The lowest BCUT2D eigenvalue weighted by molar-refractivity contribution is -0.152. The Kier molecular flexibility index (Phi) is 8.97. The molecule has 2 aromatic carbocycles. The quantitative estimate of drug-likeness (QED) is 0.264. The number of hydrogen-bond donors (Lipinski definition) is 3. The van der Waals surface area contributed by atoms with Gasteiger partial charge < -0.3 is 14.9 Å². The van der Waals surface area contributed by atoms with E-state index in [4.69, 9.17) is 21.4 Å². The third kappa shape index (κ3) is 6.62. The normalized spacial score (nSPS) is 24.3. The summed E-state index contributed by atoms with van der Waals surface area (Å²) in [5.41, 5.74) is 1.33. The van der Waals surface area contributed by atoms with Crippen LogP contribution in [0.1, 0.15) is 42.1 Å². The van der Waals surface area contributed by atoms with Crippen LogP contribution in [0.15, 0.2) is 82.9 Å². The van der Waals surface area contributed by atoms with Crippen LogP contribution in [0.3, 0.4) is 0 Å². The molecule has 0 saturated heterocycles. The summed E-state index contributed by atoms with van der Waals surface area (Å²) in [5, 5.41) is 22.7. The van der Waals surface area contributed by atoms with Gasteiger partial charge in [-0.3, -0.25) is 10.1 Å². The lowest BCUT2D eigenvalue weighted by Crippen LogP contribution is -2.47. The monoisotopic (exact) mass is 613 g/mol. The number of aliphatic carboxylic acids is 1. The van der Waals surface area contributed by atoms with Gasteiger partial charge in [-0.15, -0.1) is 0 Å². The van der Waals surface area contributed by atoms with Crippen molar-refractivity contribution in [3.63, 3.8) is 0 Å². The van der Waals surface area contributed by atoms with Crippen molar-refractivity contribution in [2.45, 2.75) is 26.2 Å². The highest BCUT2D eigenvalue weighted by Crippen LogP contribution is 2.53. The number of hydrogen-bond acceptors (Lipinski definition) is 4. The number of carbonyl (C=O) groups excluding carboxylic acids is 1. The molecule has 4 rings (SSSR count). The Bertz CT molecular complexity index is 1330. The van der Waals surface area contributed by atoms with Crippen molar-refractivity contribution in [1.82, 2.24) is 0 Å². The van der Waals surface area contributed by atoms with E-state index in [1.165, 1.54) is 12.1 Å². The minimum absolute atomic E-state index is 0.0671. The SMILES string of the molecule is CC1=C[C@@H](/C=C(\Cl)c2ccc(C(=O)O)cc2)[C@]2(C(=O)O)C=C[C@@H](CCOC(=O)Nc3ccc(Br)cc3)C[C@@H]2C1. The number of carboxylic acids is 2. The number of allylic oxidation sites excluding steroid dienone is 4. The van der Waals surface area contributed by atoms with Crippen molar-refractivity contribution < 1.29 is 29.3 Å². The molecule has 1 amide bonds. The molecule has 39 heavy (non-hydrogen) atoms. The van der Waals surface area contributed by atoms with Crippen molar-refractivity contribution in [2.24, 2.45) is 23.2 Å². The number of fused-ring (bicyclic) bond motifs is 1. The molecule has 204 valence electrons. The molecule has 9 heteroatoms. The largest absolute Gasteiger partial charge is 0.481 e. The first-order valence-electron chi connectivity index (χ1n) is 12.6. The number of carbonyl (C=O) groups is 3. The molecule has 0 bridgehead atoms. The van der Waals surface area contributed by atoms with Gasteiger partial charge in [-0.25, -0.2) is 9.59 Å². The second kappa shape index (κ2) is 12.2. The Balaban J connectivity index is 1.46. The molecule has 0 aliphatic heterocycles. The molecule has 0 unspecified atom stereocenters. The second-order valence-electron chi connectivity index (χ2n) is 9.99. The molecule has 2 aliphatic carbocycles. The van der Waals surface area contributed by atoms with Crippen LogP contribution < -0.4 is 5.32 Å². The first kappa shape index (κ1) is 28.6. The number of aromatic carboxylic acids is 1. The van der Waals surface area contributed by atoms with E-state index >= 15 is 0 Å². The maximum Gasteiger partial charge on any atom is 0.411 e. The van der Waals surface area contributed by atoms with E-state index in [1.807, 2.05) is 31.2 Å². The molecule has 2 aliphatic rings. The highest BCUT2D eigenvalue weighted by molar-refractivity contribution is 9.10.